The highest BCUT2D eigenvalue weighted by atomic mass is 16.4. The molecule has 0 bridgehead atoms. The third-order valence-corrected chi connectivity index (χ3v) is 5.50. The van der Waals surface area contributed by atoms with Crippen LogP contribution in [0.2, 0.25) is 0 Å². The number of rotatable bonds is 7. The Morgan fingerprint density at radius 2 is 1.81 bits per heavy atom. The molecule has 122 valence electrons. The number of aliphatic carboxylic acids is 1. The van der Waals surface area contributed by atoms with Crippen LogP contribution in [0, 0.1) is 16.7 Å². The van der Waals surface area contributed by atoms with Gasteiger partial charge in [0, 0.05) is 13.1 Å². The smallest absolute Gasteiger partial charge is 0.311 e. The highest BCUT2D eigenvalue weighted by Crippen LogP contribution is 2.38. The molecule has 0 radical (unpaired) electrons. The van der Waals surface area contributed by atoms with Gasteiger partial charge in [-0.05, 0) is 44.4 Å². The SMILES string of the molecule is CCC(CC)(CNC(=O)C1(CN)CCC(C)CC1)C(=O)O. The first-order valence-corrected chi connectivity index (χ1v) is 8.07. The summed E-state index contributed by atoms with van der Waals surface area (Å²) in [6.45, 7) is 6.42. The third-order valence-electron chi connectivity index (χ3n) is 5.50. The van der Waals surface area contributed by atoms with Crippen LogP contribution in [0.3, 0.4) is 0 Å². The fourth-order valence-corrected chi connectivity index (χ4v) is 3.15. The minimum absolute atomic E-state index is 0.0653. The summed E-state index contributed by atoms with van der Waals surface area (Å²) in [7, 11) is 0. The molecule has 1 rings (SSSR count). The summed E-state index contributed by atoms with van der Waals surface area (Å²) in [5.41, 5.74) is 4.50. The first kappa shape index (κ1) is 18.0. The second-order valence-corrected chi connectivity index (χ2v) is 6.64. The van der Waals surface area contributed by atoms with E-state index in [2.05, 4.69) is 12.2 Å². The predicted octanol–water partition coefficient (Wildman–Crippen LogP) is 2.15. The fourth-order valence-electron chi connectivity index (χ4n) is 3.15. The first-order chi connectivity index (χ1) is 9.85. The van der Waals surface area contributed by atoms with Gasteiger partial charge >= 0.3 is 5.97 Å². The molecule has 0 spiro atoms. The zero-order valence-corrected chi connectivity index (χ0v) is 13.6. The van der Waals surface area contributed by atoms with Gasteiger partial charge in [-0.1, -0.05) is 20.8 Å². The van der Waals surface area contributed by atoms with Crippen molar-refractivity contribution in [2.75, 3.05) is 13.1 Å². The maximum absolute atomic E-state index is 12.6. The van der Waals surface area contributed by atoms with E-state index >= 15 is 0 Å². The van der Waals surface area contributed by atoms with E-state index in [0.29, 0.717) is 25.3 Å². The van der Waals surface area contributed by atoms with E-state index < -0.39 is 16.8 Å². The molecule has 1 saturated carbocycles. The van der Waals surface area contributed by atoms with Crippen LogP contribution in [0.4, 0.5) is 0 Å². The van der Waals surface area contributed by atoms with Crippen LogP contribution in [0.15, 0.2) is 0 Å². The molecule has 0 saturated heterocycles. The standard InChI is InChI=1S/C16H30N2O3/c1-4-15(5-2,14(20)21)11-18-13(19)16(10-17)8-6-12(3)7-9-16/h12H,4-11,17H2,1-3H3,(H,18,19)(H,20,21). The zero-order valence-electron chi connectivity index (χ0n) is 13.6. The molecular formula is C16H30N2O3. The Hall–Kier alpha value is -1.10. The maximum atomic E-state index is 12.6. The Morgan fingerprint density at radius 1 is 1.29 bits per heavy atom. The van der Waals surface area contributed by atoms with Gasteiger partial charge in [0.2, 0.25) is 5.91 Å². The molecule has 1 fully saturated rings. The van der Waals surface area contributed by atoms with E-state index in [1.165, 1.54) is 0 Å². The van der Waals surface area contributed by atoms with Gasteiger partial charge in [-0.2, -0.15) is 0 Å². The van der Waals surface area contributed by atoms with Crippen molar-refractivity contribution in [3.63, 3.8) is 0 Å². The normalized spacial score (nSPS) is 26.4. The molecule has 1 amide bonds. The lowest BCUT2D eigenvalue weighted by molar-refractivity contribution is -0.149. The molecule has 1 aliphatic rings. The number of hydrogen-bond donors (Lipinski definition) is 3. The molecule has 0 atom stereocenters. The van der Waals surface area contributed by atoms with Crippen LogP contribution in [-0.2, 0) is 9.59 Å². The zero-order chi connectivity index (χ0) is 16.1. The van der Waals surface area contributed by atoms with Gasteiger partial charge in [-0.25, -0.2) is 0 Å². The lowest BCUT2D eigenvalue weighted by Crippen LogP contribution is -2.51. The molecule has 21 heavy (non-hydrogen) atoms. The minimum Gasteiger partial charge on any atom is -0.481 e. The number of nitrogens with two attached hydrogens (primary N) is 1. The first-order valence-electron chi connectivity index (χ1n) is 8.07. The summed E-state index contributed by atoms with van der Waals surface area (Å²) in [6.07, 6.45) is 4.63. The van der Waals surface area contributed by atoms with Crippen molar-refractivity contribution in [2.45, 2.75) is 59.3 Å². The van der Waals surface area contributed by atoms with Crippen LogP contribution in [0.25, 0.3) is 0 Å². The number of amides is 1. The van der Waals surface area contributed by atoms with E-state index in [1.54, 1.807) is 0 Å². The highest BCUT2D eigenvalue weighted by Gasteiger charge is 2.42. The van der Waals surface area contributed by atoms with E-state index in [4.69, 9.17) is 5.73 Å². The van der Waals surface area contributed by atoms with Crippen molar-refractivity contribution in [3.8, 4) is 0 Å². The van der Waals surface area contributed by atoms with Crippen LogP contribution in [0.5, 0.6) is 0 Å². The van der Waals surface area contributed by atoms with Crippen LogP contribution in [0.1, 0.15) is 59.3 Å². The Kier molecular flexibility index (Phi) is 6.20. The molecule has 5 nitrogen and oxygen atoms in total. The molecule has 5 heteroatoms. The van der Waals surface area contributed by atoms with Gasteiger partial charge < -0.3 is 16.2 Å². The predicted molar refractivity (Wildman–Crippen MR) is 82.8 cm³/mol. The number of carbonyl (C=O) groups excluding carboxylic acids is 1. The molecule has 0 aromatic heterocycles. The van der Waals surface area contributed by atoms with Crippen LogP contribution in [-0.4, -0.2) is 30.1 Å². The van der Waals surface area contributed by atoms with Crippen molar-refractivity contribution in [1.29, 1.82) is 0 Å². The number of carboxylic acid groups (broad SMARTS) is 1. The molecular weight excluding hydrogens is 268 g/mol. The van der Waals surface area contributed by atoms with Crippen LogP contribution < -0.4 is 11.1 Å². The minimum atomic E-state index is -0.868. The molecule has 0 unspecified atom stereocenters. The quantitative estimate of drug-likeness (QED) is 0.671. The van der Waals surface area contributed by atoms with E-state index in [1.807, 2.05) is 13.8 Å². The largest absolute Gasteiger partial charge is 0.481 e. The van der Waals surface area contributed by atoms with E-state index in [9.17, 15) is 14.7 Å². The maximum Gasteiger partial charge on any atom is 0.311 e. The summed E-state index contributed by atoms with van der Waals surface area (Å²) in [5, 5.41) is 12.3. The average Bonchev–Trinajstić information content (AvgIpc) is 2.49. The summed E-state index contributed by atoms with van der Waals surface area (Å²) in [4.78, 5) is 24.1. The van der Waals surface area contributed by atoms with Crippen molar-refractivity contribution in [3.05, 3.63) is 0 Å². The Labute approximate surface area is 127 Å². The lowest BCUT2D eigenvalue weighted by atomic mass is 9.70. The lowest BCUT2D eigenvalue weighted by Gasteiger charge is -2.38. The average molecular weight is 298 g/mol. The fraction of sp³-hybridized carbons (Fsp3) is 0.875. The van der Waals surface area contributed by atoms with Crippen LogP contribution >= 0.6 is 0 Å². The summed E-state index contributed by atoms with van der Waals surface area (Å²) in [6, 6.07) is 0. The molecule has 0 aromatic carbocycles. The Morgan fingerprint density at radius 3 is 2.19 bits per heavy atom. The van der Waals surface area contributed by atoms with Gasteiger partial charge in [0.05, 0.1) is 10.8 Å². The van der Waals surface area contributed by atoms with Crippen molar-refractivity contribution in [2.24, 2.45) is 22.5 Å². The monoisotopic (exact) mass is 298 g/mol. The summed E-state index contributed by atoms with van der Waals surface area (Å²) < 4.78 is 0. The van der Waals surface area contributed by atoms with Gasteiger partial charge in [0.25, 0.3) is 0 Å². The third kappa shape index (κ3) is 3.76. The molecule has 4 N–H and O–H groups in total. The summed E-state index contributed by atoms with van der Waals surface area (Å²) in [5.74, 6) is -0.266. The van der Waals surface area contributed by atoms with Crippen molar-refractivity contribution in [1.82, 2.24) is 5.32 Å². The Balaban J connectivity index is 2.73. The number of carboxylic acids is 1. The Bertz CT molecular complexity index is 370. The number of hydrogen-bond acceptors (Lipinski definition) is 3. The summed E-state index contributed by atoms with van der Waals surface area (Å²) >= 11 is 0. The van der Waals surface area contributed by atoms with Gasteiger partial charge in [-0.15, -0.1) is 0 Å². The van der Waals surface area contributed by atoms with Gasteiger partial charge in [-0.3, -0.25) is 9.59 Å². The van der Waals surface area contributed by atoms with Crippen molar-refractivity contribution >= 4 is 11.9 Å². The van der Waals surface area contributed by atoms with E-state index in [0.717, 1.165) is 25.7 Å². The molecule has 0 aromatic rings. The van der Waals surface area contributed by atoms with Gasteiger partial charge in [0.15, 0.2) is 0 Å². The van der Waals surface area contributed by atoms with Gasteiger partial charge in [0.1, 0.15) is 0 Å². The molecule has 0 aliphatic heterocycles. The highest BCUT2D eigenvalue weighted by molar-refractivity contribution is 5.84. The number of nitrogens with one attached hydrogen (secondary N) is 1. The molecule has 1 aliphatic carbocycles. The topological polar surface area (TPSA) is 92.4 Å². The van der Waals surface area contributed by atoms with E-state index in [-0.39, 0.29) is 12.5 Å². The van der Waals surface area contributed by atoms with Crippen molar-refractivity contribution < 1.29 is 14.7 Å². The second-order valence-electron chi connectivity index (χ2n) is 6.64. The molecule has 0 heterocycles. The number of carbonyl (C=O) groups is 2. The second kappa shape index (κ2) is 7.25.